The van der Waals surface area contributed by atoms with E-state index in [1.54, 1.807) is 0 Å². The van der Waals surface area contributed by atoms with Crippen molar-refractivity contribution in [3.05, 3.63) is 30.3 Å². The van der Waals surface area contributed by atoms with Crippen molar-refractivity contribution in [3.8, 4) is 0 Å². The van der Waals surface area contributed by atoms with Crippen LogP contribution in [0.5, 0.6) is 0 Å². The van der Waals surface area contributed by atoms with Gasteiger partial charge in [-0.25, -0.2) is 0 Å². The number of hydrogen-bond donors (Lipinski definition) is 3. The summed E-state index contributed by atoms with van der Waals surface area (Å²) < 4.78 is 0. The van der Waals surface area contributed by atoms with E-state index in [1.807, 2.05) is 51.2 Å². The maximum absolute atomic E-state index is 10.5. The predicted molar refractivity (Wildman–Crippen MR) is 82.5 cm³/mol. The fourth-order valence-electron chi connectivity index (χ4n) is 1.69. The van der Waals surface area contributed by atoms with Gasteiger partial charge >= 0.3 is 0 Å². The standard InChI is InChI=1S/C7H9N.C6H10N2O2.C2H6/c1-8-7-5-3-2-4-6-7;7-6(10)5-1-4(3-9)2-8-5;1-2/h2-6,8H,1H3;3-5,8H,1-2H2,(H2,7,10);1-2H3. The molecule has 2 unspecified atom stereocenters. The Morgan fingerprint density at radius 3 is 2.25 bits per heavy atom. The molecule has 1 amide bonds. The van der Waals surface area contributed by atoms with Gasteiger partial charge in [-0.15, -0.1) is 0 Å². The van der Waals surface area contributed by atoms with Crippen molar-refractivity contribution in [2.75, 3.05) is 18.9 Å². The Labute approximate surface area is 120 Å². The van der Waals surface area contributed by atoms with Crippen LogP contribution < -0.4 is 16.4 Å². The van der Waals surface area contributed by atoms with Crippen LogP contribution in [0.1, 0.15) is 20.3 Å². The van der Waals surface area contributed by atoms with E-state index in [0.717, 1.165) is 12.0 Å². The number of carbonyl (C=O) groups is 2. The molecule has 4 N–H and O–H groups in total. The molecule has 0 radical (unpaired) electrons. The van der Waals surface area contributed by atoms with Crippen LogP contribution >= 0.6 is 0 Å². The van der Waals surface area contributed by atoms with Crippen LogP contribution in [0, 0.1) is 5.92 Å². The van der Waals surface area contributed by atoms with Gasteiger partial charge in [-0.2, -0.15) is 0 Å². The molecule has 20 heavy (non-hydrogen) atoms. The van der Waals surface area contributed by atoms with E-state index in [0.29, 0.717) is 13.0 Å². The van der Waals surface area contributed by atoms with Gasteiger partial charge in [0, 0.05) is 25.2 Å². The molecule has 1 fully saturated rings. The lowest BCUT2D eigenvalue weighted by Crippen LogP contribution is -2.36. The summed E-state index contributed by atoms with van der Waals surface area (Å²) in [5, 5.41) is 5.88. The van der Waals surface area contributed by atoms with Crippen molar-refractivity contribution in [2.24, 2.45) is 11.7 Å². The van der Waals surface area contributed by atoms with Crippen molar-refractivity contribution in [3.63, 3.8) is 0 Å². The lowest BCUT2D eigenvalue weighted by atomic mass is 10.1. The van der Waals surface area contributed by atoms with Crippen LogP contribution in [0.4, 0.5) is 5.69 Å². The Bertz CT molecular complexity index is 382. The van der Waals surface area contributed by atoms with Crippen LogP contribution in [-0.2, 0) is 9.59 Å². The quantitative estimate of drug-likeness (QED) is 0.730. The number of nitrogens with two attached hydrogens (primary N) is 1. The van der Waals surface area contributed by atoms with Gasteiger partial charge in [-0.05, 0) is 18.6 Å². The Morgan fingerprint density at radius 2 is 1.95 bits per heavy atom. The fraction of sp³-hybridized carbons (Fsp3) is 0.467. The third kappa shape index (κ3) is 6.89. The smallest absolute Gasteiger partial charge is 0.234 e. The van der Waals surface area contributed by atoms with Crippen molar-refractivity contribution < 1.29 is 9.59 Å². The molecule has 0 saturated carbocycles. The number of benzene rings is 1. The second-order valence-corrected chi connectivity index (χ2v) is 4.11. The molecule has 1 saturated heterocycles. The highest BCUT2D eigenvalue weighted by Crippen LogP contribution is 2.10. The molecule has 1 aliphatic rings. The van der Waals surface area contributed by atoms with Crippen molar-refractivity contribution in [2.45, 2.75) is 26.3 Å². The van der Waals surface area contributed by atoms with E-state index in [1.165, 1.54) is 0 Å². The number of nitrogens with one attached hydrogen (secondary N) is 2. The summed E-state index contributed by atoms with van der Waals surface area (Å²) in [5.74, 6) is -0.401. The summed E-state index contributed by atoms with van der Waals surface area (Å²) in [6, 6.07) is 9.77. The van der Waals surface area contributed by atoms with E-state index in [-0.39, 0.29) is 17.9 Å². The average molecular weight is 279 g/mol. The van der Waals surface area contributed by atoms with Gasteiger partial charge in [0.2, 0.25) is 5.91 Å². The molecule has 5 heteroatoms. The number of carbonyl (C=O) groups excluding carboxylic acids is 2. The molecule has 112 valence electrons. The second kappa shape index (κ2) is 11.0. The highest BCUT2D eigenvalue weighted by molar-refractivity contribution is 5.81. The number of aldehydes is 1. The van der Waals surface area contributed by atoms with Crippen LogP contribution in [0.15, 0.2) is 30.3 Å². The van der Waals surface area contributed by atoms with Gasteiger partial charge in [-0.1, -0.05) is 32.0 Å². The zero-order chi connectivity index (χ0) is 15.4. The number of rotatable bonds is 3. The molecular formula is C15H25N3O2. The van der Waals surface area contributed by atoms with E-state index in [2.05, 4.69) is 10.6 Å². The maximum Gasteiger partial charge on any atom is 0.234 e. The summed E-state index contributed by atoms with van der Waals surface area (Å²) in [5.41, 5.74) is 6.16. The maximum atomic E-state index is 10.5. The van der Waals surface area contributed by atoms with Crippen LogP contribution in [0.2, 0.25) is 0 Å². The Morgan fingerprint density at radius 1 is 1.35 bits per heavy atom. The first-order valence-electron chi connectivity index (χ1n) is 6.88. The van der Waals surface area contributed by atoms with Gasteiger partial charge in [-0.3, -0.25) is 4.79 Å². The van der Waals surface area contributed by atoms with Gasteiger partial charge in [0.15, 0.2) is 0 Å². The van der Waals surface area contributed by atoms with E-state index in [4.69, 9.17) is 5.73 Å². The zero-order valence-electron chi connectivity index (χ0n) is 12.4. The van der Waals surface area contributed by atoms with Crippen LogP contribution in [0.3, 0.4) is 0 Å². The molecule has 1 aromatic rings. The minimum Gasteiger partial charge on any atom is -0.388 e. The minimum atomic E-state index is -0.371. The van der Waals surface area contributed by atoms with Gasteiger partial charge in [0.1, 0.15) is 6.29 Å². The van der Waals surface area contributed by atoms with Crippen molar-refractivity contribution >= 4 is 17.9 Å². The molecule has 0 aliphatic carbocycles. The molecular weight excluding hydrogens is 254 g/mol. The van der Waals surface area contributed by atoms with E-state index >= 15 is 0 Å². The number of primary amides is 1. The summed E-state index contributed by atoms with van der Waals surface area (Å²) in [7, 11) is 1.91. The molecule has 0 bridgehead atoms. The summed E-state index contributed by atoms with van der Waals surface area (Å²) in [6.07, 6.45) is 1.41. The minimum absolute atomic E-state index is 0.0301. The summed E-state index contributed by atoms with van der Waals surface area (Å²) in [6.45, 7) is 4.58. The third-order valence-electron chi connectivity index (χ3n) is 2.76. The first-order valence-corrected chi connectivity index (χ1v) is 6.88. The number of anilines is 1. The fourth-order valence-corrected chi connectivity index (χ4v) is 1.69. The van der Waals surface area contributed by atoms with Crippen molar-refractivity contribution in [1.82, 2.24) is 5.32 Å². The summed E-state index contributed by atoms with van der Waals surface area (Å²) in [4.78, 5) is 20.7. The Kier molecular flexibility index (Phi) is 9.96. The molecule has 0 spiro atoms. The second-order valence-electron chi connectivity index (χ2n) is 4.11. The highest BCUT2D eigenvalue weighted by Gasteiger charge is 2.26. The molecule has 0 aromatic heterocycles. The molecule has 5 nitrogen and oxygen atoms in total. The van der Waals surface area contributed by atoms with Gasteiger partial charge < -0.3 is 21.2 Å². The largest absolute Gasteiger partial charge is 0.388 e. The molecule has 1 aromatic carbocycles. The zero-order valence-corrected chi connectivity index (χ0v) is 12.4. The first-order chi connectivity index (χ1) is 9.67. The first kappa shape index (κ1) is 18.1. The molecule has 2 rings (SSSR count). The number of para-hydroxylation sites is 1. The number of amides is 1. The average Bonchev–Trinajstić information content (AvgIpc) is 3.00. The number of hydrogen-bond acceptors (Lipinski definition) is 4. The molecule has 1 heterocycles. The van der Waals surface area contributed by atoms with Gasteiger partial charge in [0.25, 0.3) is 0 Å². The van der Waals surface area contributed by atoms with E-state index < -0.39 is 0 Å². The SMILES string of the molecule is CC.CNc1ccccc1.NC(=O)C1CC(C=O)CN1. The topological polar surface area (TPSA) is 84.2 Å². The monoisotopic (exact) mass is 279 g/mol. The van der Waals surface area contributed by atoms with Crippen LogP contribution in [-0.4, -0.2) is 31.8 Å². The van der Waals surface area contributed by atoms with Crippen LogP contribution in [0.25, 0.3) is 0 Å². The molecule has 2 atom stereocenters. The summed E-state index contributed by atoms with van der Waals surface area (Å²) >= 11 is 0. The normalized spacial score (nSPS) is 19.8. The van der Waals surface area contributed by atoms with Crippen molar-refractivity contribution in [1.29, 1.82) is 0 Å². The lowest BCUT2D eigenvalue weighted by Gasteiger charge is -2.01. The molecule has 1 aliphatic heterocycles. The highest BCUT2D eigenvalue weighted by atomic mass is 16.1. The Balaban J connectivity index is 0.000000327. The predicted octanol–water partition coefficient (Wildman–Crippen LogP) is 1.40. The lowest BCUT2D eigenvalue weighted by molar-refractivity contribution is -0.119. The third-order valence-corrected chi connectivity index (χ3v) is 2.76. The van der Waals surface area contributed by atoms with Gasteiger partial charge in [0.05, 0.1) is 6.04 Å². The Hall–Kier alpha value is -1.88. The van der Waals surface area contributed by atoms with E-state index in [9.17, 15) is 9.59 Å².